The lowest BCUT2D eigenvalue weighted by atomic mass is 10.2. The smallest absolute Gasteiger partial charge is 0.140 e. The van der Waals surface area contributed by atoms with E-state index in [9.17, 15) is 0 Å². The highest BCUT2D eigenvalue weighted by Gasteiger charge is 2.27. The molecule has 2 rings (SSSR count). The van der Waals surface area contributed by atoms with Crippen molar-refractivity contribution in [2.24, 2.45) is 0 Å². The van der Waals surface area contributed by atoms with E-state index >= 15 is 0 Å². The molecule has 1 fully saturated rings. The van der Waals surface area contributed by atoms with Gasteiger partial charge in [0.05, 0.1) is 28.5 Å². The summed E-state index contributed by atoms with van der Waals surface area (Å²) in [5, 5.41) is 3.40. The summed E-state index contributed by atoms with van der Waals surface area (Å²) in [6, 6.07) is 2.20. The summed E-state index contributed by atoms with van der Waals surface area (Å²) in [5.74, 6) is 0.836. The van der Waals surface area contributed by atoms with Crippen molar-refractivity contribution < 1.29 is 4.74 Å². The van der Waals surface area contributed by atoms with E-state index in [1.807, 2.05) is 6.07 Å². The van der Waals surface area contributed by atoms with E-state index in [1.165, 1.54) is 6.42 Å². The number of nitrogen functional groups attached to an aromatic ring is 1. The number of halogens is 1. The maximum atomic E-state index is 5.64. The molecule has 2 unspecified atom stereocenters. The molecule has 0 aromatic carbocycles. The lowest BCUT2D eigenvalue weighted by molar-refractivity contribution is 0.101. The third-order valence-electron chi connectivity index (χ3n) is 2.94. The summed E-state index contributed by atoms with van der Waals surface area (Å²) in [4.78, 5) is 4.27. The molecule has 3 N–H and O–H groups in total. The summed E-state index contributed by atoms with van der Waals surface area (Å²) >= 11 is 3.45. The lowest BCUT2D eigenvalue weighted by Gasteiger charge is -2.20. The highest BCUT2D eigenvalue weighted by Crippen LogP contribution is 2.28. The molecule has 0 amide bonds. The van der Waals surface area contributed by atoms with Crippen LogP contribution in [0.5, 0.6) is 0 Å². The van der Waals surface area contributed by atoms with Crippen molar-refractivity contribution in [3.63, 3.8) is 0 Å². The zero-order valence-electron chi connectivity index (χ0n) is 9.24. The van der Waals surface area contributed by atoms with Crippen LogP contribution in [0.15, 0.2) is 16.7 Å². The van der Waals surface area contributed by atoms with Gasteiger partial charge in [-0.2, -0.15) is 0 Å². The summed E-state index contributed by atoms with van der Waals surface area (Å²) in [6.07, 6.45) is 5.37. The van der Waals surface area contributed by atoms with Crippen LogP contribution in [0.25, 0.3) is 0 Å². The molecule has 5 heteroatoms. The van der Waals surface area contributed by atoms with Crippen molar-refractivity contribution in [3.05, 3.63) is 16.7 Å². The fourth-order valence-electron chi connectivity index (χ4n) is 2.11. The van der Waals surface area contributed by atoms with Gasteiger partial charge in [0, 0.05) is 7.11 Å². The second-order valence-corrected chi connectivity index (χ2v) is 4.91. The van der Waals surface area contributed by atoms with Crippen LogP contribution in [0.2, 0.25) is 0 Å². The normalized spacial score (nSPS) is 24.6. The van der Waals surface area contributed by atoms with Crippen molar-refractivity contribution in [1.29, 1.82) is 0 Å². The number of hydrogen-bond acceptors (Lipinski definition) is 4. The highest BCUT2D eigenvalue weighted by molar-refractivity contribution is 9.10. The molecule has 0 radical (unpaired) electrons. The maximum Gasteiger partial charge on any atom is 0.140 e. The molecule has 4 nitrogen and oxygen atoms in total. The summed E-state index contributed by atoms with van der Waals surface area (Å²) < 4.78 is 6.33. The predicted molar refractivity (Wildman–Crippen MR) is 68.4 cm³/mol. The van der Waals surface area contributed by atoms with Gasteiger partial charge in [0.25, 0.3) is 0 Å². The molecular formula is C11H16BrN3O. The number of nitrogens with zero attached hydrogens (tertiary/aromatic N) is 1. The zero-order valence-corrected chi connectivity index (χ0v) is 10.8. The van der Waals surface area contributed by atoms with Crippen LogP contribution >= 0.6 is 15.9 Å². The summed E-state index contributed by atoms with van der Waals surface area (Å²) in [7, 11) is 1.76. The first-order chi connectivity index (χ1) is 7.70. The van der Waals surface area contributed by atoms with Crippen LogP contribution in [0.4, 0.5) is 11.5 Å². The number of ether oxygens (including phenoxy) is 1. The van der Waals surface area contributed by atoms with Gasteiger partial charge in [0.1, 0.15) is 5.82 Å². The first-order valence-corrected chi connectivity index (χ1v) is 6.20. The molecule has 1 saturated carbocycles. The Morgan fingerprint density at radius 2 is 2.38 bits per heavy atom. The molecule has 0 bridgehead atoms. The van der Waals surface area contributed by atoms with Gasteiger partial charge in [0.2, 0.25) is 0 Å². The lowest BCUT2D eigenvalue weighted by Crippen LogP contribution is -2.30. The highest BCUT2D eigenvalue weighted by atomic mass is 79.9. The molecule has 1 aliphatic rings. The Kier molecular flexibility index (Phi) is 3.66. The van der Waals surface area contributed by atoms with Crippen LogP contribution in [0.1, 0.15) is 19.3 Å². The third kappa shape index (κ3) is 2.47. The molecule has 1 aromatic rings. The molecule has 1 aromatic heterocycles. The Balaban J connectivity index is 2.08. The number of nitrogens with one attached hydrogen (secondary N) is 1. The van der Waals surface area contributed by atoms with Crippen molar-refractivity contribution in [2.75, 3.05) is 18.2 Å². The van der Waals surface area contributed by atoms with Crippen LogP contribution in [-0.2, 0) is 4.74 Å². The zero-order chi connectivity index (χ0) is 11.5. The van der Waals surface area contributed by atoms with E-state index in [0.29, 0.717) is 11.7 Å². The molecular weight excluding hydrogens is 270 g/mol. The standard InChI is InChI=1S/C11H16BrN3O/c1-16-10-4-2-3-9(10)15-11-8(12)5-7(13)6-14-11/h5-6,9-10H,2-4,13H2,1H3,(H,14,15). The second-order valence-electron chi connectivity index (χ2n) is 4.05. The van der Waals surface area contributed by atoms with Crippen molar-refractivity contribution in [3.8, 4) is 0 Å². The Bertz CT molecular complexity index is 372. The van der Waals surface area contributed by atoms with Gasteiger partial charge in [-0.1, -0.05) is 0 Å². The van der Waals surface area contributed by atoms with Crippen LogP contribution in [0, 0.1) is 0 Å². The van der Waals surface area contributed by atoms with E-state index in [4.69, 9.17) is 10.5 Å². The number of anilines is 2. The Morgan fingerprint density at radius 3 is 3.06 bits per heavy atom. The molecule has 88 valence electrons. The molecule has 0 saturated heterocycles. The number of pyridine rings is 1. The molecule has 1 aliphatic carbocycles. The second kappa shape index (κ2) is 5.01. The average molecular weight is 286 g/mol. The van der Waals surface area contributed by atoms with E-state index in [0.717, 1.165) is 23.1 Å². The van der Waals surface area contributed by atoms with E-state index in [2.05, 4.69) is 26.2 Å². The monoisotopic (exact) mass is 285 g/mol. The molecule has 0 aliphatic heterocycles. The number of methoxy groups -OCH3 is 1. The van der Waals surface area contributed by atoms with E-state index in [-0.39, 0.29) is 6.10 Å². The Labute approximate surface area is 104 Å². The number of rotatable bonds is 3. The number of hydrogen-bond donors (Lipinski definition) is 2. The van der Waals surface area contributed by atoms with E-state index < -0.39 is 0 Å². The predicted octanol–water partition coefficient (Wildman–Crippen LogP) is 2.41. The fourth-order valence-corrected chi connectivity index (χ4v) is 2.59. The first-order valence-electron chi connectivity index (χ1n) is 5.41. The summed E-state index contributed by atoms with van der Waals surface area (Å²) in [6.45, 7) is 0. The Hall–Kier alpha value is -0.810. The fraction of sp³-hybridized carbons (Fsp3) is 0.545. The SMILES string of the molecule is COC1CCCC1Nc1ncc(N)cc1Br. The molecule has 16 heavy (non-hydrogen) atoms. The van der Waals surface area contributed by atoms with Crippen LogP contribution in [0.3, 0.4) is 0 Å². The first kappa shape index (κ1) is 11.7. The minimum atomic E-state index is 0.284. The quantitative estimate of drug-likeness (QED) is 0.895. The van der Waals surface area contributed by atoms with Crippen molar-refractivity contribution >= 4 is 27.4 Å². The molecule has 1 heterocycles. The average Bonchev–Trinajstić information content (AvgIpc) is 2.69. The van der Waals surface area contributed by atoms with Gasteiger partial charge in [-0.3, -0.25) is 0 Å². The van der Waals surface area contributed by atoms with Gasteiger partial charge in [-0.15, -0.1) is 0 Å². The van der Waals surface area contributed by atoms with Gasteiger partial charge in [-0.25, -0.2) is 4.98 Å². The van der Waals surface area contributed by atoms with E-state index in [1.54, 1.807) is 13.3 Å². The molecule has 2 atom stereocenters. The van der Waals surface area contributed by atoms with Crippen molar-refractivity contribution in [1.82, 2.24) is 4.98 Å². The third-order valence-corrected chi connectivity index (χ3v) is 3.54. The van der Waals surface area contributed by atoms with Gasteiger partial charge in [0.15, 0.2) is 0 Å². The summed E-state index contributed by atoms with van der Waals surface area (Å²) in [5.41, 5.74) is 6.30. The van der Waals surface area contributed by atoms with Gasteiger partial charge < -0.3 is 15.8 Å². The number of aromatic nitrogens is 1. The minimum absolute atomic E-state index is 0.284. The minimum Gasteiger partial charge on any atom is -0.397 e. The van der Waals surface area contributed by atoms with Crippen LogP contribution < -0.4 is 11.1 Å². The maximum absolute atomic E-state index is 5.64. The largest absolute Gasteiger partial charge is 0.397 e. The topological polar surface area (TPSA) is 60.2 Å². The van der Waals surface area contributed by atoms with Crippen LogP contribution in [-0.4, -0.2) is 24.2 Å². The van der Waals surface area contributed by atoms with Gasteiger partial charge >= 0.3 is 0 Å². The van der Waals surface area contributed by atoms with Gasteiger partial charge in [-0.05, 0) is 41.3 Å². The molecule has 0 spiro atoms. The van der Waals surface area contributed by atoms with Crippen molar-refractivity contribution in [2.45, 2.75) is 31.4 Å². The number of nitrogens with two attached hydrogens (primary N) is 1. The Morgan fingerprint density at radius 1 is 1.56 bits per heavy atom.